The molecule has 0 saturated carbocycles. The molecule has 0 radical (unpaired) electrons. The second-order valence-corrected chi connectivity index (χ2v) is 9.73. The maximum absolute atomic E-state index is 14.4. The number of aromatic hydroxyl groups is 1. The molecule has 4 heterocycles. The molecular weight excluding hydrogens is 568 g/mol. The predicted molar refractivity (Wildman–Crippen MR) is 136 cm³/mol. The minimum atomic E-state index is -4.81. The first kappa shape index (κ1) is 27.0. The second-order valence-electron chi connectivity index (χ2n) is 9.73. The number of anilines is 2. The van der Waals surface area contributed by atoms with E-state index in [1.54, 1.807) is 6.20 Å². The number of phenolic OH excluding ortho intramolecular Hbond substituents is 1. The van der Waals surface area contributed by atoms with Crippen molar-refractivity contribution in [2.24, 2.45) is 0 Å². The summed E-state index contributed by atoms with van der Waals surface area (Å²) in [5, 5.41) is 12.6. The summed E-state index contributed by atoms with van der Waals surface area (Å²) in [4.78, 5) is 30.4. The summed E-state index contributed by atoms with van der Waals surface area (Å²) in [7, 11) is 0. The van der Waals surface area contributed by atoms with Crippen molar-refractivity contribution in [3.05, 3.63) is 94.3 Å². The highest BCUT2D eigenvalue weighted by molar-refractivity contribution is 6.09. The number of carbonyl (C=O) groups is 1. The highest BCUT2D eigenvalue weighted by atomic mass is 19.4. The van der Waals surface area contributed by atoms with Gasteiger partial charge in [-0.1, -0.05) is 6.07 Å². The minimum Gasteiger partial charge on any atom is -0.507 e. The van der Waals surface area contributed by atoms with Gasteiger partial charge in [0.25, 0.3) is 0 Å². The molecule has 4 N–H and O–H groups in total. The van der Waals surface area contributed by atoms with Gasteiger partial charge in [-0.3, -0.25) is 4.79 Å². The van der Waals surface area contributed by atoms with Crippen molar-refractivity contribution in [3.63, 3.8) is 0 Å². The maximum Gasteiger partial charge on any atom is 0.419 e. The van der Waals surface area contributed by atoms with Gasteiger partial charge in [0, 0.05) is 31.1 Å². The Balaban J connectivity index is 1.44. The van der Waals surface area contributed by atoms with Gasteiger partial charge in [0.05, 0.1) is 16.8 Å². The number of nitrogen functional groups attached to an aromatic ring is 1. The summed E-state index contributed by atoms with van der Waals surface area (Å²) < 4.78 is 83.1. The first-order valence-electron chi connectivity index (χ1n) is 12.1. The number of imidazole rings is 1. The third-order valence-corrected chi connectivity index (χ3v) is 7.10. The molecule has 1 unspecified atom stereocenters. The van der Waals surface area contributed by atoms with Crippen LogP contribution in [0, 0.1) is 17.5 Å². The normalized spacial score (nSPS) is 16.6. The third kappa shape index (κ3) is 4.15. The van der Waals surface area contributed by atoms with Crippen LogP contribution >= 0.6 is 0 Å². The SMILES string of the molecule is CC1(c2ccc(C(F)(F)F)c(O)c2)C(=O)Nc2nc(-c3cn4ccnc4c(Cc4cc(F)cc(F)c4F)n3)nc(N)c21. The number of hydrogen-bond donors (Lipinski definition) is 3. The van der Waals surface area contributed by atoms with Crippen molar-refractivity contribution in [2.75, 3.05) is 11.1 Å². The zero-order valence-electron chi connectivity index (χ0n) is 21.3. The highest BCUT2D eigenvalue weighted by Crippen LogP contribution is 2.47. The fraction of sp³-hybridized carbons (Fsp3) is 0.148. The number of benzene rings is 2. The Kier molecular flexibility index (Phi) is 5.88. The number of rotatable bonds is 4. The number of nitrogens with one attached hydrogen (secondary N) is 1. The Morgan fingerprint density at radius 2 is 1.86 bits per heavy atom. The molecule has 42 heavy (non-hydrogen) atoms. The number of hydrogen-bond acceptors (Lipinski definition) is 7. The average molecular weight is 585 g/mol. The second kappa shape index (κ2) is 9.15. The monoisotopic (exact) mass is 585 g/mol. The van der Waals surface area contributed by atoms with Crippen molar-refractivity contribution in [3.8, 4) is 17.3 Å². The van der Waals surface area contributed by atoms with E-state index in [-0.39, 0.29) is 57.6 Å². The number of carbonyl (C=O) groups excluding carboxylic acids is 1. The van der Waals surface area contributed by atoms with Crippen molar-refractivity contribution < 1.29 is 36.2 Å². The molecule has 2 aromatic carbocycles. The number of alkyl halides is 3. The Morgan fingerprint density at radius 1 is 1.10 bits per heavy atom. The van der Waals surface area contributed by atoms with Crippen LogP contribution < -0.4 is 11.1 Å². The van der Waals surface area contributed by atoms with E-state index in [9.17, 15) is 36.2 Å². The predicted octanol–water partition coefficient (Wildman–Crippen LogP) is 4.76. The van der Waals surface area contributed by atoms with Gasteiger partial charge in [0.15, 0.2) is 23.1 Å². The molecule has 5 aromatic rings. The van der Waals surface area contributed by atoms with E-state index < -0.39 is 46.3 Å². The molecule has 0 aliphatic carbocycles. The van der Waals surface area contributed by atoms with Gasteiger partial charge in [0.1, 0.15) is 34.3 Å². The van der Waals surface area contributed by atoms with Crippen LogP contribution in [0.25, 0.3) is 17.2 Å². The summed E-state index contributed by atoms with van der Waals surface area (Å²) in [6, 6.07) is 3.81. The van der Waals surface area contributed by atoms with E-state index in [0.717, 1.165) is 18.2 Å². The van der Waals surface area contributed by atoms with Crippen molar-refractivity contribution in [1.29, 1.82) is 0 Å². The van der Waals surface area contributed by atoms with E-state index >= 15 is 0 Å². The van der Waals surface area contributed by atoms with Crippen molar-refractivity contribution in [2.45, 2.75) is 24.9 Å². The summed E-state index contributed by atoms with van der Waals surface area (Å²) in [5.74, 6) is -5.68. The molecule has 1 atom stereocenters. The van der Waals surface area contributed by atoms with Gasteiger partial charge < -0.3 is 20.6 Å². The fourth-order valence-corrected chi connectivity index (χ4v) is 5.02. The molecule has 9 nitrogen and oxygen atoms in total. The number of amides is 1. The molecule has 3 aromatic heterocycles. The third-order valence-electron chi connectivity index (χ3n) is 7.10. The van der Waals surface area contributed by atoms with E-state index in [2.05, 4.69) is 25.3 Å². The zero-order valence-corrected chi connectivity index (χ0v) is 21.3. The Labute approximate surface area is 231 Å². The highest BCUT2D eigenvalue weighted by Gasteiger charge is 2.48. The van der Waals surface area contributed by atoms with E-state index in [4.69, 9.17) is 5.73 Å². The first-order chi connectivity index (χ1) is 19.8. The number of fused-ring (bicyclic) bond motifs is 2. The van der Waals surface area contributed by atoms with Crippen LogP contribution in [0.2, 0.25) is 0 Å². The average Bonchev–Trinajstić information content (AvgIpc) is 3.49. The lowest BCUT2D eigenvalue weighted by atomic mass is 9.77. The number of aromatic nitrogens is 5. The lowest BCUT2D eigenvalue weighted by molar-refractivity contribution is -0.138. The Hall–Kier alpha value is -5.21. The summed E-state index contributed by atoms with van der Waals surface area (Å²) in [6.07, 6.45) is -0.719. The van der Waals surface area contributed by atoms with Crippen LogP contribution in [0.15, 0.2) is 48.9 Å². The number of nitrogens with zero attached hydrogens (tertiary/aromatic N) is 5. The van der Waals surface area contributed by atoms with Gasteiger partial charge in [-0.25, -0.2) is 33.1 Å². The summed E-state index contributed by atoms with van der Waals surface area (Å²) in [6.45, 7) is 1.40. The molecule has 0 fully saturated rings. The van der Waals surface area contributed by atoms with Crippen LogP contribution in [-0.4, -0.2) is 35.4 Å². The van der Waals surface area contributed by atoms with Crippen LogP contribution in [-0.2, 0) is 22.8 Å². The standard InChI is InChI=1S/C27H17F6N7O2/c1-26(12-2-3-14(18(41)8-12)27(31,32)33)19-21(34)37-22(38-23(19)39-25(26)42)17-10-40-5-4-35-24(40)16(36-17)7-11-6-13(28)9-15(29)20(11)30/h2-6,8-10,41H,7H2,1H3,(H3,34,37,38,39,42). The number of halogens is 6. The van der Waals surface area contributed by atoms with Crippen LogP contribution in [0.4, 0.5) is 38.0 Å². The molecule has 15 heteroatoms. The summed E-state index contributed by atoms with van der Waals surface area (Å²) in [5.41, 5.74) is 3.57. The fourth-order valence-electron chi connectivity index (χ4n) is 5.02. The van der Waals surface area contributed by atoms with E-state index in [0.29, 0.717) is 12.1 Å². The van der Waals surface area contributed by atoms with E-state index in [1.807, 2.05) is 0 Å². The lowest BCUT2D eigenvalue weighted by Gasteiger charge is -2.24. The van der Waals surface area contributed by atoms with Crippen molar-refractivity contribution >= 4 is 23.2 Å². The van der Waals surface area contributed by atoms with Gasteiger partial charge in [0.2, 0.25) is 5.91 Å². The lowest BCUT2D eigenvalue weighted by Crippen LogP contribution is -2.33. The quantitative estimate of drug-likeness (QED) is 0.205. The number of nitrogens with two attached hydrogens (primary N) is 1. The van der Waals surface area contributed by atoms with Crippen LogP contribution in [0.3, 0.4) is 0 Å². The molecule has 0 spiro atoms. The molecule has 1 amide bonds. The van der Waals surface area contributed by atoms with Crippen LogP contribution in [0.5, 0.6) is 5.75 Å². The molecular formula is C27H17F6N7O2. The van der Waals surface area contributed by atoms with Gasteiger partial charge in [-0.05, 0) is 36.2 Å². The van der Waals surface area contributed by atoms with Gasteiger partial charge >= 0.3 is 6.18 Å². The minimum absolute atomic E-state index is 0.0110. The molecule has 1 aliphatic rings. The zero-order chi connectivity index (χ0) is 30.1. The topological polar surface area (TPSA) is 131 Å². The Morgan fingerprint density at radius 3 is 2.57 bits per heavy atom. The van der Waals surface area contributed by atoms with Crippen LogP contribution in [0.1, 0.15) is 34.9 Å². The first-order valence-corrected chi connectivity index (χ1v) is 12.1. The largest absolute Gasteiger partial charge is 0.507 e. The summed E-state index contributed by atoms with van der Waals surface area (Å²) >= 11 is 0. The van der Waals surface area contributed by atoms with Crippen molar-refractivity contribution in [1.82, 2.24) is 24.3 Å². The number of phenols is 1. The van der Waals surface area contributed by atoms with E-state index in [1.165, 1.54) is 23.7 Å². The smallest absolute Gasteiger partial charge is 0.419 e. The Bertz CT molecular complexity index is 1940. The molecule has 0 saturated heterocycles. The molecule has 214 valence electrons. The maximum atomic E-state index is 14.4. The molecule has 1 aliphatic heterocycles. The van der Waals surface area contributed by atoms with Gasteiger partial charge in [-0.2, -0.15) is 13.2 Å². The van der Waals surface area contributed by atoms with Gasteiger partial charge in [-0.15, -0.1) is 0 Å². The molecule has 0 bridgehead atoms. The molecule has 6 rings (SSSR count).